The minimum absolute atomic E-state index is 0.0329. The van der Waals surface area contributed by atoms with E-state index in [0.29, 0.717) is 50.5 Å². The molecule has 1 amide bonds. The number of nitrogens with one attached hydrogen (secondary N) is 4. The third kappa shape index (κ3) is 3.73. The lowest BCUT2D eigenvalue weighted by Crippen LogP contribution is -2.14. The molecule has 1 saturated heterocycles. The molecule has 40 heavy (non-hydrogen) atoms. The Morgan fingerprint density at radius 3 is 2.65 bits per heavy atom. The van der Waals surface area contributed by atoms with Crippen molar-refractivity contribution in [3.8, 4) is 22.3 Å². The van der Waals surface area contributed by atoms with Gasteiger partial charge in [-0.05, 0) is 54.8 Å². The lowest BCUT2D eigenvalue weighted by atomic mass is 9.94. The van der Waals surface area contributed by atoms with Gasteiger partial charge >= 0.3 is 0 Å². The van der Waals surface area contributed by atoms with E-state index in [0.717, 1.165) is 29.6 Å². The van der Waals surface area contributed by atoms with Crippen molar-refractivity contribution in [2.45, 2.75) is 19.0 Å². The number of rotatable bonds is 5. The molecule has 5 aromatic rings. The molecule has 7 nitrogen and oxygen atoms in total. The van der Waals surface area contributed by atoms with Crippen LogP contribution in [0.5, 0.6) is 0 Å². The number of benzene rings is 3. The van der Waals surface area contributed by atoms with Crippen LogP contribution in [-0.2, 0) is 4.79 Å². The Labute approximate surface area is 227 Å². The Balaban J connectivity index is 1.23. The lowest BCUT2D eigenvalue weighted by Gasteiger charge is -2.19. The Kier molecular flexibility index (Phi) is 4.85. The van der Waals surface area contributed by atoms with Gasteiger partial charge in [0.2, 0.25) is 5.91 Å². The molecule has 3 aromatic carbocycles. The molecular formula is C31H22F2N6O. The predicted octanol–water partition coefficient (Wildman–Crippen LogP) is 6.03. The Bertz CT molecular complexity index is 1910. The van der Waals surface area contributed by atoms with Crippen LogP contribution >= 0.6 is 0 Å². The van der Waals surface area contributed by atoms with E-state index in [4.69, 9.17) is 4.98 Å². The number of para-hydroxylation sites is 1. The number of H-pyrrole nitrogens is 1. The standard InChI is InChI=1S/C31H22F2N6O/c32-18-4-1-3-16(11-18)21-5-2-6-23-27(21)38-29(37-23)25-24-22(36-30-28(25)39-30)10-9-20(26(24)33)17-12-19(14-34-13-17)35-31(40)15-7-8-15/h1-6,9-15,30,36,39H,7-8H2,(H,35,40)(H,37,38). The molecule has 3 aliphatic rings. The van der Waals surface area contributed by atoms with Gasteiger partial charge in [0.1, 0.15) is 23.6 Å². The quantitative estimate of drug-likeness (QED) is 0.207. The fourth-order valence-corrected chi connectivity index (χ4v) is 5.42. The first kappa shape index (κ1) is 22.9. The highest BCUT2D eigenvalue weighted by atomic mass is 19.1. The second-order valence-corrected chi connectivity index (χ2v) is 10.4. The van der Waals surface area contributed by atoms with E-state index in [-0.39, 0.29) is 23.8 Å². The van der Waals surface area contributed by atoms with Crippen LogP contribution in [0.3, 0.4) is 0 Å². The summed E-state index contributed by atoms with van der Waals surface area (Å²) in [5, 5.41) is 9.50. The number of hydrogen-bond acceptors (Lipinski definition) is 5. The highest BCUT2D eigenvalue weighted by Crippen LogP contribution is 2.45. The van der Waals surface area contributed by atoms with Crippen LogP contribution in [0.1, 0.15) is 24.2 Å². The van der Waals surface area contributed by atoms with Gasteiger partial charge in [0.15, 0.2) is 0 Å². The number of nitrogens with zero attached hydrogens (tertiary/aromatic N) is 2. The zero-order chi connectivity index (χ0) is 27.0. The van der Waals surface area contributed by atoms with E-state index < -0.39 is 5.82 Å². The maximum atomic E-state index is 16.4. The van der Waals surface area contributed by atoms with Gasteiger partial charge < -0.3 is 20.9 Å². The molecule has 0 spiro atoms. The molecule has 4 heterocycles. The smallest absolute Gasteiger partial charge is 0.227 e. The summed E-state index contributed by atoms with van der Waals surface area (Å²) in [7, 11) is 0. The van der Waals surface area contributed by atoms with Crippen molar-refractivity contribution in [3.05, 3.63) is 102 Å². The predicted molar refractivity (Wildman–Crippen MR) is 149 cm³/mol. The molecular weight excluding hydrogens is 510 g/mol. The summed E-state index contributed by atoms with van der Waals surface area (Å²) in [6, 6.07) is 17.4. The van der Waals surface area contributed by atoms with E-state index in [9.17, 15) is 9.18 Å². The molecule has 2 aromatic heterocycles. The van der Waals surface area contributed by atoms with Crippen LogP contribution in [0, 0.1) is 17.6 Å². The van der Waals surface area contributed by atoms with Crippen LogP contribution in [-0.4, -0.2) is 27.0 Å². The molecule has 1 unspecified atom stereocenters. The highest BCUT2D eigenvalue weighted by Gasteiger charge is 2.41. The van der Waals surface area contributed by atoms with E-state index in [1.165, 1.54) is 12.1 Å². The van der Waals surface area contributed by atoms with Crippen molar-refractivity contribution >= 4 is 33.9 Å². The number of fused-ring (bicyclic) bond motifs is 3. The summed E-state index contributed by atoms with van der Waals surface area (Å²) in [6.07, 6.45) is 4.84. The average molecular weight is 533 g/mol. The van der Waals surface area contributed by atoms with Gasteiger partial charge in [0.25, 0.3) is 0 Å². The fourth-order valence-electron chi connectivity index (χ4n) is 5.42. The van der Waals surface area contributed by atoms with E-state index in [1.54, 1.807) is 30.6 Å². The highest BCUT2D eigenvalue weighted by molar-refractivity contribution is 5.99. The van der Waals surface area contributed by atoms with Crippen molar-refractivity contribution in [1.82, 2.24) is 20.3 Å². The van der Waals surface area contributed by atoms with Gasteiger partial charge in [-0.15, -0.1) is 0 Å². The largest absolute Gasteiger partial charge is 0.360 e. The lowest BCUT2D eigenvalue weighted by molar-refractivity contribution is -0.117. The van der Waals surface area contributed by atoms with Crippen molar-refractivity contribution in [3.63, 3.8) is 0 Å². The second-order valence-electron chi connectivity index (χ2n) is 10.4. The molecule has 196 valence electrons. The number of carbonyl (C=O) groups is 1. The Hall–Kier alpha value is -5.05. The normalized spacial score (nSPS) is 17.1. The zero-order valence-corrected chi connectivity index (χ0v) is 21.1. The van der Waals surface area contributed by atoms with Gasteiger partial charge in [-0.1, -0.05) is 24.3 Å². The van der Waals surface area contributed by atoms with Crippen LogP contribution in [0.2, 0.25) is 0 Å². The summed E-state index contributed by atoms with van der Waals surface area (Å²) < 4.78 is 30.4. The molecule has 8 rings (SSSR count). The summed E-state index contributed by atoms with van der Waals surface area (Å²) in [6.45, 7) is 0. The van der Waals surface area contributed by atoms with E-state index in [1.807, 2.05) is 30.3 Å². The number of carbonyl (C=O) groups excluding carboxylic acids is 1. The van der Waals surface area contributed by atoms with E-state index in [2.05, 4.69) is 25.9 Å². The number of aromatic amines is 1. The maximum Gasteiger partial charge on any atom is 0.227 e. The van der Waals surface area contributed by atoms with Crippen molar-refractivity contribution in [1.29, 1.82) is 0 Å². The molecule has 4 N–H and O–H groups in total. The number of anilines is 2. The van der Waals surface area contributed by atoms with Crippen LogP contribution in [0.15, 0.2) is 78.8 Å². The monoisotopic (exact) mass is 532 g/mol. The SMILES string of the molecule is O=C(Nc1cncc(-c2ccc3c(c2F)C(c2nc4c(-c5cccc(F)c5)cccc4[nH]2)=C2NC2N3)c1)C1CC1. The third-order valence-corrected chi connectivity index (χ3v) is 7.62. The van der Waals surface area contributed by atoms with Gasteiger partial charge in [-0.3, -0.25) is 9.78 Å². The summed E-state index contributed by atoms with van der Waals surface area (Å²) in [5.74, 6) is -0.208. The second kappa shape index (κ2) is 8.47. The van der Waals surface area contributed by atoms with Gasteiger partial charge in [-0.2, -0.15) is 0 Å². The van der Waals surface area contributed by atoms with Crippen LogP contribution in [0.25, 0.3) is 38.9 Å². The fraction of sp³-hybridized carbons (Fsp3) is 0.129. The minimum Gasteiger partial charge on any atom is -0.360 e. The molecule has 1 atom stereocenters. The van der Waals surface area contributed by atoms with Gasteiger partial charge in [-0.25, -0.2) is 13.8 Å². The molecule has 0 radical (unpaired) electrons. The molecule has 2 fully saturated rings. The Morgan fingerprint density at radius 2 is 1.80 bits per heavy atom. The van der Waals surface area contributed by atoms with Gasteiger partial charge in [0.05, 0.1) is 34.2 Å². The number of pyridine rings is 1. The van der Waals surface area contributed by atoms with Crippen molar-refractivity contribution in [2.24, 2.45) is 5.92 Å². The first-order chi connectivity index (χ1) is 19.5. The first-order valence-electron chi connectivity index (χ1n) is 13.1. The van der Waals surface area contributed by atoms with Crippen LogP contribution in [0.4, 0.5) is 20.2 Å². The van der Waals surface area contributed by atoms with E-state index >= 15 is 4.39 Å². The Morgan fingerprint density at radius 1 is 0.925 bits per heavy atom. The first-order valence-corrected chi connectivity index (χ1v) is 13.1. The average Bonchev–Trinajstić information content (AvgIpc) is 3.88. The molecule has 9 heteroatoms. The third-order valence-electron chi connectivity index (χ3n) is 7.62. The maximum absolute atomic E-state index is 16.4. The number of hydrogen-bond donors (Lipinski definition) is 4. The molecule has 1 aliphatic carbocycles. The van der Waals surface area contributed by atoms with Crippen LogP contribution < -0.4 is 16.0 Å². The summed E-state index contributed by atoms with van der Waals surface area (Å²) in [5.41, 5.74) is 6.92. The molecule has 1 saturated carbocycles. The zero-order valence-electron chi connectivity index (χ0n) is 21.1. The van der Waals surface area contributed by atoms with Crippen molar-refractivity contribution in [2.75, 3.05) is 10.6 Å². The summed E-state index contributed by atoms with van der Waals surface area (Å²) >= 11 is 0. The topological polar surface area (TPSA) is 105 Å². The molecule has 0 bridgehead atoms. The number of halogens is 2. The molecule has 2 aliphatic heterocycles. The number of aromatic nitrogens is 3. The van der Waals surface area contributed by atoms with Gasteiger partial charge in [0, 0.05) is 40.1 Å². The summed E-state index contributed by atoms with van der Waals surface area (Å²) in [4.78, 5) is 24.8. The number of imidazole rings is 1. The number of amides is 1. The minimum atomic E-state index is -0.419. The van der Waals surface area contributed by atoms with Crippen molar-refractivity contribution < 1.29 is 13.6 Å².